The van der Waals surface area contributed by atoms with Crippen LogP contribution in [0.15, 0.2) is 47.6 Å². The first kappa shape index (κ1) is 18.5. The Kier molecular flexibility index (Phi) is 6.28. The Bertz CT molecular complexity index is 788. The summed E-state index contributed by atoms with van der Waals surface area (Å²) in [6.07, 6.45) is 6.65. The van der Waals surface area contributed by atoms with Crippen molar-refractivity contribution in [3.8, 4) is 0 Å². The number of carbonyl (C=O) groups excluding carboxylic acids is 2. The van der Waals surface area contributed by atoms with Gasteiger partial charge in [0.15, 0.2) is 0 Å². The highest BCUT2D eigenvalue weighted by atomic mass is 32.2. The van der Waals surface area contributed by atoms with Gasteiger partial charge in [0.1, 0.15) is 5.03 Å². The standard InChI is InChI=1S/C20H23N3O2S/c1-14(24)23-16-7-4-6-15(12-16)13-22-19(25)18-10-5-11-21-20(18)26-17-8-2-3-9-17/h4-7,10-12,17H,2-3,8-9,13H2,1H3,(H,22,25)(H,23,24). The summed E-state index contributed by atoms with van der Waals surface area (Å²) < 4.78 is 0. The summed E-state index contributed by atoms with van der Waals surface area (Å²) in [6.45, 7) is 1.87. The van der Waals surface area contributed by atoms with Crippen LogP contribution >= 0.6 is 11.8 Å². The molecule has 26 heavy (non-hydrogen) atoms. The number of pyridine rings is 1. The molecule has 0 aliphatic heterocycles. The zero-order valence-electron chi connectivity index (χ0n) is 14.8. The van der Waals surface area contributed by atoms with Gasteiger partial charge in [-0.25, -0.2) is 4.98 Å². The van der Waals surface area contributed by atoms with Gasteiger partial charge in [0, 0.05) is 30.6 Å². The van der Waals surface area contributed by atoms with E-state index in [9.17, 15) is 9.59 Å². The fraction of sp³-hybridized carbons (Fsp3) is 0.350. The van der Waals surface area contributed by atoms with Gasteiger partial charge in [0.25, 0.3) is 5.91 Å². The van der Waals surface area contributed by atoms with Crippen LogP contribution < -0.4 is 10.6 Å². The van der Waals surface area contributed by atoms with Crippen LogP contribution in [0.2, 0.25) is 0 Å². The lowest BCUT2D eigenvalue weighted by atomic mass is 10.2. The van der Waals surface area contributed by atoms with Crippen LogP contribution in [-0.4, -0.2) is 22.0 Å². The third kappa shape index (κ3) is 5.08. The molecule has 0 bridgehead atoms. The molecule has 1 heterocycles. The number of aromatic nitrogens is 1. The van der Waals surface area contributed by atoms with E-state index in [-0.39, 0.29) is 11.8 Å². The van der Waals surface area contributed by atoms with Crippen molar-refractivity contribution >= 4 is 29.3 Å². The molecular weight excluding hydrogens is 346 g/mol. The fourth-order valence-electron chi connectivity index (χ4n) is 3.06. The molecule has 1 saturated carbocycles. The molecule has 1 aliphatic carbocycles. The minimum absolute atomic E-state index is 0.116. The number of hydrogen-bond acceptors (Lipinski definition) is 4. The van der Waals surface area contributed by atoms with Crippen LogP contribution in [-0.2, 0) is 11.3 Å². The zero-order chi connectivity index (χ0) is 18.4. The maximum absolute atomic E-state index is 12.6. The van der Waals surface area contributed by atoms with Crippen molar-refractivity contribution in [2.75, 3.05) is 5.32 Å². The zero-order valence-corrected chi connectivity index (χ0v) is 15.6. The van der Waals surface area contributed by atoms with Gasteiger partial charge in [0.05, 0.1) is 5.56 Å². The lowest BCUT2D eigenvalue weighted by Gasteiger charge is -2.12. The second kappa shape index (κ2) is 8.85. The second-order valence-electron chi connectivity index (χ2n) is 6.44. The molecule has 1 aromatic carbocycles. The number of carbonyl (C=O) groups is 2. The van der Waals surface area contributed by atoms with E-state index in [2.05, 4.69) is 15.6 Å². The molecule has 136 valence electrons. The van der Waals surface area contributed by atoms with E-state index in [1.54, 1.807) is 24.0 Å². The van der Waals surface area contributed by atoms with Crippen LogP contribution in [0.1, 0.15) is 48.5 Å². The molecule has 0 radical (unpaired) electrons. The first-order valence-corrected chi connectivity index (χ1v) is 9.76. The minimum atomic E-state index is -0.122. The monoisotopic (exact) mass is 369 g/mol. The molecule has 0 unspecified atom stereocenters. The second-order valence-corrected chi connectivity index (χ2v) is 7.73. The number of thioether (sulfide) groups is 1. The summed E-state index contributed by atoms with van der Waals surface area (Å²) >= 11 is 1.72. The van der Waals surface area contributed by atoms with Crippen molar-refractivity contribution in [1.82, 2.24) is 10.3 Å². The van der Waals surface area contributed by atoms with Crippen LogP contribution in [0.25, 0.3) is 0 Å². The predicted molar refractivity (Wildman–Crippen MR) is 104 cm³/mol. The van der Waals surface area contributed by atoms with Crippen molar-refractivity contribution in [3.05, 3.63) is 53.7 Å². The third-order valence-electron chi connectivity index (χ3n) is 4.30. The summed E-state index contributed by atoms with van der Waals surface area (Å²) in [7, 11) is 0. The molecule has 0 saturated heterocycles. The normalized spacial score (nSPS) is 14.2. The topological polar surface area (TPSA) is 71.1 Å². The van der Waals surface area contributed by atoms with Crippen molar-refractivity contribution < 1.29 is 9.59 Å². The van der Waals surface area contributed by atoms with Crippen LogP contribution in [0, 0.1) is 0 Å². The lowest BCUT2D eigenvalue weighted by Crippen LogP contribution is -2.24. The average Bonchev–Trinajstić information content (AvgIpc) is 3.13. The summed E-state index contributed by atoms with van der Waals surface area (Å²) in [4.78, 5) is 28.2. The Hall–Kier alpha value is -2.34. The number of hydrogen-bond donors (Lipinski definition) is 2. The summed E-state index contributed by atoms with van der Waals surface area (Å²) in [5, 5.41) is 7.08. The third-order valence-corrected chi connectivity index (χ3v) is 5.65. The molecule has 2 N–H and O–H groups in total. The van der Waals surface area contributed by atoms with Gasteiger partial charge in [-0.3, -0.25) is 9.59 Å². The molecule has 0 atom stereocenters. The molecule has 1 aliphatic rings. The van der Waals surface area contributed by atoms with E-state index in [1.807, 2.05) is 30.3 Å². The van der Waals surface area contributed by atoms with E-state index < -0.39 is 0 Å². The fourth-order valence-corrected chi connectivity index (χ4v) is 4.36. The predicted octanol–water partition coefficient (Wildman–Crippen LogP) is 4.00. The van der Waals surface area contributed by atoms with Crippen molar-refractivity contribution in [2.24, 2.45) is 0 Å². The molecule has 1 aromatic heterocycles. The molecule has 0 spiro atoms. The lowest BCUT2D eigenvalue weighted by molar-refractivity contribution is -0.114. The largest absolute Gasteiger partial charge is 0.348 e. The van der Waals surface area contributed by atoms with Crippen molar-refractivity contribution in [1.29, 1.82) is 0 Å². The first-order chi connectivity index (χ1) is 12.6. The van der Waals surface area contributed by atoms with Gasteiger partial charge < -0.3 is 10.6 Å². The average molecular weight is 369 g/mol. The summed E-state index contributed by atoms with van der Waals surface area (Å²) in [5.74, 6) is -0.237. The number of benzene rings is 1. The summed E-state index contributed by atoms with van der Waals surface area (Å²) in [6, 6.07) is 11.1. The molecule has 6 heteroatoms. The van der Waals surface area contributed by atoms with E-state index in [4.69, 9.17) is 0 Å². The van der Waals surface area contributed by atoms with Gasteiger partial charge >= 0.3 is 0 Å². The van der Waals surface area contributed by atoms with Crippen molar-refractivity contribution in [3.63, 3.8) is 0 Å². The molecule has 1 fully saturated rings. The van der Waals surface area contributed by atoms with Gasteiger partial charge in [-0.05, 0) is 42.7 Å². The number of nitrogens with one attached hydrogen (secondary N) is 2. The first-order valence-electron chi connectivity index (χ1n) is 8.88. The Morgan fingerprint density at radius 3 is 2.77 bits per heavy atom. The highest BCUT2D eigenvalue weighted by Crippen LogP contribution is 2.35. The van der Waals surface area contributed by atoms with Gasteiger partial charge in [-0.1, -0.05) is 25.0 Å². The molecular formula is C20H23N3O2S. The van der Waals surface area contributed by atoms with Crippen LogP contribution in [0.4, 0.5) is 5.69 Å². The van der Waals surface area contributed by atoms with E-state index in [1.165, 1.54) is 32.6 Å². The Morgan fingerprint density at radius 1 is 1.19 bits per heavy atom. The highest BCUT2D eigenvalue weighted by Gasteiger charge is 2.20. The smallest absolute Gasteiger partial charge is 0.254 e. The van der Waals surface area contributed by atoms with Gasteiger partial charge in [-0.15, -0.1) is 11.8 Å². The maximum atomic E-state index is 12.6. The Labute approximate surface area is 158 Å². The molecule has 2 amide bonds. The maximum Gasteiger partial charge on any atom is 0.254 e. The number of anilines is 1. The van der Waals surface area contributed by atoms with Crippen LogP contribution in [0.3, 0.4) is 0 Å². The SMILES string of the molecule is CC(=O)Nc1cccc(CNC(=O)c2cccnc2SC2CCCC2)c1. The van der Waals surface area contributed by atoms with Crippen molar-refractivity contribution in [2.45, 2.75) is 49.4 Å². The number of nitrogens with zero attached hydrogens (tertiary/aromatic N) is 1. The minimum Gasteiger partial charge on any atom is -0.348 e. The molecule has 5 nitrogen and oxygen atoms in total. The molecule has 2 aromatic rings. The van der Waals surface area contributed by atoms with E-state index in [0.717, 1.165) is 16.3 Å². The van der Waals surface area contributed by atoms with Crippen LogP contribution in [0.5, 0.6) is 0 Å². The number of rotatable bonds is 6. The quantitative estimate of drug-likeness (QED) is 0.807. The molecule has 3 rings (SSSR count). The van der Waals surface area contributed by atoms with Gasteiger partial charge in [0.2, 0.25) is 5.91 Å². The van der Waals surface area contributed by atoms with Gasteiger partial charge in [-0.2, -0.15) is 0 Å². The van der Waals surface area contributed by atoms with E-state index in [0.29, 0.717) is 17.4 Å². The Morgan fingerprint density at radius 2 is 2.00 bits per heavy atom. The number of amides is 2. The Balaban J connectivity index is 1.64. The summed E-state index contributed by atoms with van der Waals surface area (Å²) in [5.41, 5.74) is 2.28. The highest BCUT2D eigenvalue weighted by molar-refractivity contribution is 7.99. The van der Waals surface area contributed by atoms with E-state index >= 15 is 0 Å².